The lowest BCUT2D eigenvalue weighted by Crippen LogP contribution is -2.32. The number of nitrogens with one attached hydrogen (secondary N) is 1. The Morgan fingerprint density at radius 1 is 1.29 bits per heavy atom. The van der Waals surface area contributed by atoms with Crippen LogP contribution < -0.4 is 16.0 Å². The molecule has 0 aromatic heterocycles. The van der Waals surface area contributed by atoms with E-state index in [1.807, 2.05) is 6.07 Å². The SMILES string of the molecule is CNC(=O)c1ccc(N)cc1N1CCCCC1. The van der Waals surface area contributed by atoms with Crippen LogP contribution in [-0.2, 0) is 0 Å². The summed E-state index contributed by atoms with van der Waals surface area (Å²) in [6.07, 6.45) is 3.64. The smallest absolute Gasteiger partial charge is 0.253 e. The minimum Gasteiger partial charge on any atom is -0.399 e. The number of nitrogen functional groups attached to an aromatic ring is 1. The van der Waals surface area contributed by atoms with Crippen LogP contribution in [0, 0.1) is 0 Å². The molecule has 0 bridgehead atoms. The molecule has 1 fully saturated rings. The quantitative estimate of drug-likeness (QED) is 0.763. The molecule has 0 aliphatic carbocycles. The van der Waals surface area contributed by atoms with E-state index in [0.29, 0.717) is 11.3 Å². The van der Waals surface area contributed by atoms with Crippen LogP contribution in [0.2, 0.25) is 0 Å². The predicted molar refractivity (Wildman–Crippen MR) is 70.3 cm³/mol. The molecule has 0 radical (unpaired) electrons. The van der Waals surface area contributed by atoms with Crippen molar-refractivity contribution >= 4 is 17.3 Å². The van der Waals surface area contributed by atoms with Gasteiger partial charge in [-0.15, -0.1) is 0 Å². The highest BCUT2D eigenvalue weighted by atomic mass is 16.1. The van der Waals surface area contributed by atoms with Crippen molar-refractivity contribution < 1.29 is 4.79 Å². The summed E-state index contributed by atoms with van der Waals surface area (Å²) in [7, 11) is 1.65. The molecule has 1 aromatic carbocycles. The van der Waals surface area contributed by atoms with Gasteiger partial charge in [-0.1, -0.05) is 0 Å². The maximum Gasteiger partial charge on any atom is 0.253 e. The molecule has 1 saturated heterocycles. The first kappa shape index (κ1) is 11.8. The number of nitrogens with two attached hydrogens (primary N) is 1. The molecule has 1 aromatic rings. The Kier molecular flexibility index (Phi) is 3.52. The molecule has 92 valence electrons. The molecule has 3 N–H and O–H groups in total. The van der Waals surface area contributed by atoms with Gasteiger partial charge in [0, 0.05) is 25.8 Å². The molecule has 0 spiro atoms. The molecule has 0 atom stereocenters. The Hall–Kier alpha value is -1.71. The maximum absolute atomic E-state index is 11.8. The minimum absolute atomic E-state index is 0.0504. The molecule has 1 aliphatic heterocycles. The Labute approximate surface area is 102 Å². The predicted octanol–water partition coefficient (Wildman–Crippen LogP) is 1.62. The Morgan fingerprint density at radius 2 is 2.00 bits per heavy atom. The third-order valence-corrected chi connectivity index (χ3v) is 3.19. The van der Waals surface area contributed by atoms with Gasteiger partial charge in [-0.25, -0.2) is 0 Å². The van der Waals surface area contributed by atoms with Gasteiger partial charge >= 0.3 is 0 Å². The van der Waals surface area contributed by atoms with Crippen molar-refractivity contribution in [3.63, 3.8) is 0 Å². The minimum atomic E-state index is -0.0504. The fourth-order valence-electron chi connectivity index (χ4n) is 2.27. The zero-order chi connectivity index (χ0) is 12.3. The second kappa shape index (κ2) is 5.08. The van der Waals surface area contributed by atoms with Crippen molar-refractivity contribution in [2.45, 2.75) is 19.3 Å². The highest BCUT2D eigenvalue weighted by Gasteiger charge is 2.17. The van der Waals surface area contributed by atoms with Crippen LogP contribution in [0.1, 0.15) is 29.6 Å². The summed E-state index contributed by atoms with van der Waals surface area (Å²) >= 11 is 0. The standard InChI is InChI=1S/C13H19N3O/c1-15-13(17)11-6-5-10(14)9-12(11)16-7-3-2-4-8-16/h5-6,9H,2-4,7-8,14H2,1H3,(H,15,17). The topological polar surface area (TPSA) is 58.4 Å². The van der Waals surface area contributed by atoms with E-state index in [2.05, 4.69) is 10.2 Å². The summed E-state index contributed by atoms with van der Waals surface area (Å²) < 4.78 is 0. The lowest BCUT2D eigenvalue weighted by molar-refractivity contribution is 0.0963. The van der Waals surface area contributed by atoms with Crippen molar-refractivity contribution in [1.82, 2.24) is 5.32 Å². The zero-order valence-electron chi connectivity index (χ0n) is 10.2. The van der Waals surface area contributed by atoms with Gasteiger partial charge in [0.15, 0.2) is 0 Å². The third kappa shape index (κ3) is 2.52. The lowest BCUT2D eigenvalue weighted by Gasteiger charge is -2.30. The van der Waals surface area contributed by atoms with Crippen LogP contribution in [0.4, 0.5) is 11.4 Å². The van der Waals surface area contributed by atoms with Crippen LogP contribution in [0.5, 0.6) is 0 Å². The van der Waals surface area contributed by atoms with Gasteiger partial charge in [-0.05, 0) is 37.5 Å². The largest absolute Gasteiger partial charge is 0.399 e. The number of carbonyl (C=O) groups excluding carboxylic acids is 1. The number of nitrogens with zero attached hydrogens (tertiary/aromatic N) is 1. The first-order chi connectivity index (χ1) is 8.22. The first-order valence-corrected chi connectivity index (χ1v) is 6.09. The molecular formula is C13H19N3O. The van der Waals surface area contributed by atoms with E-state index in [-0.39, 0.29) is 5.91 Å². The van der Waals surface area contributed by atoms with Crippen molar-refractivity contribution in [3.05, 3.63) is 23.8 Å². The third-order valence-electron chi connectivity index (χ3n) is 3.19. The van der Waals surface area contributed by atoms with Gasteiger partial charge in [-0.3, -0.25) is 4.79 Å². The van der Waals surface area contributed by atoms with E-state index in [1.165, 1.54) is 19.3 Å². The van der Waals surface area contributed by atoms with Gasteiger partial charge in [0.05, 0.1) is 11.3 Å². The highest BCUT2D eigenvalue weighted by Crippen LogP contribution is 2.26. The summed E-state index contributed by atoms with van der Waals surface area (Å²) in [6.45, 7) is 2.01. The number of piperidine rings is 1. The van der Waals surface area contributed by atoms with Crippen LogP contribution in [0.25, 0.3) is 0 Å². The normalized spacial score (nSPS) is 15.7. The summed E-state index contributed by atoms with van der Waals surface area (Å²) in [5, 5.41) is 2.67. The van der Waals surface area contributed by atoms with E-state index in [4.69, 9.17) is 5.73 Å². The van der Waals surface area contributed by atoms with Crippen molar-refractivity contribution in [1.29, 1.82) is 0 Å². The van der Waals surface area contributed by atoms with Crippen molar-refractivity contribution in [2.75, 3.05) is 30.8 Å². The Morgan fingerprint density at radius 3 is 2.65 bits per heavy atom. The molecular weight excluding hydrogens is 214 g/mol. The van der Waals surface area contributed by atoms with Crippen LogP contribution >= 0.6 is 0 Å². The molecule has 0 unspecified atom stereocenters. The van der Waals surface area contributed by atoms with E-state index in [9.17, 15) is 4.79 Å². The fraction of sp³-hybridized carbons (Fsp3) is 0.462. The average molecular weight is 233 g/mol. The molecule has 0 saturated carbocycles. The second-order valence-corrected chi connectivity index (χ2v) is 4.40. The molecule has 1 amide bonds. The fourth-order valence-corrected chi connectivity index (χ4v) is 2.27. The van der Waals surface area contributed by atoms with Gasteiger partial charge in [0.1, 0.15) is 0 Å². The monoisotopic (exact) mass is 233 g/mol. The van der Waals surface area contributed by atoms with Gasteiger partial charge < -0.3 is 16.0 Å². The Balaban J connectivity index is 2.35. The van der Waals surface area contributed by atoms with Gasteiger partial charge in [0.2, 0.25) is 0 Å². The highest BCUT2D eigenvalue weighted by molar-refractivity contribution is 6.00. The second-order valence-electron chi connectivity index (χ2n) is 4.40. The van der Waals surface area contributed by atoms with Gasteiger partial charge in [0.25, 0.3) is 5.91 Å². The van der Waals surface area contributed by atoms with Gasteiger partial charge in [-0.2, -0.15) is 0 Å². The van der Waals surface area contributed by atoms with Crippen molar-refractivity contribution in [2.24, 2.45) is 0 Å². The average Bonchev–Trinajstić information content (AvgIpc) is 2.39. The van der Waals surface area contributed by atoms with E-state index in [1.54, 1.807) is 19.2 Å². The molecule has 2 rings (SSSR count). The lowest BCUT2D eigenvalue weighted by atomic mass is 10.1. The first-order valence-electron chi connectivity index (χ1n) is 6.09. The van der Waals surface area contributed by atoms with Crippen LogP contribution in [0.15, 0.2) is 18.2 Å². The van der Waals surface area contributed by atoms with Crippen LogP contribution in [0.3, 0.4) is 0 Å². The molecule has 4 nitrogen and oxygen atoms in total. The molecule has 1 aliphatic rings. The van der Waals surface area contributed by atoms with E-state index >= 15 is 0 Å². The van der Waals surface area contributed by atoms with E-state index < -0.39 is 0 Å². The van der Waals surface area contributed by atoms with E-state index in [0.717, 1.165) is 18.8 Å². The zero-order valence-corrected chi connectivity index (χ0v) is 10.2. The number of benzene rings is 1. The van der Waals surface area contributed by atoms with Crippen LogP contribution in [-0.4, -0.2) is 26.0 Å². The summed E-state index contributed by atoms with van der Waals surface area (Å²) in [6, 6.07) is 5.48. The molecule has 1 heterocycles. The summed E-state index contributed by atoms with van der Waals surface area (Å²) in [4.78, 5) is 14.1. The summed E-state index contributed by atoms with van der Waals surface area (Å²) in [5.41, 5.74) is 8.20. The number of anilines is 2. The number of carbonyl (C=O) groups is 1. The maximum atomic E-state index is 11.8. The number of amides is 1. The number of hydrogen-bond acceptors (Lipinski definition) is 3. The Bertz CT molecular complexity index is 411. The number of hydrogen-bond donors (Lipinski definition) is 2. The molecule has 4 heteroatoms. The number of rotatable bonds is 2. The molecule has 17 heavy (non-hydrogen) atoms. The summed E-state index contributed by atoms with van der Waals surface area (Å²) in [5.74, 6) is -0.0504. The van der Waals surface area contributed by atoms with Crippen molar-refractivity contribution in [3.8, 4) is 0 Å².